The summed E-state index contributed by atoms with van der Waals surface area (Å²) in [5, 5.41) is 3.10. The van der Waals surface area contributed by atoms with Gasteiger partial charge in [0.1, 0.15) is 0 Å². The van der Waals surface area contributed by atoms with E-state index in [1.165, 1.54) is 38.5 Å². The maximum atomic E-state index is 12.0. The summed E-state index contributed by atoms with van der Waals surface area (Å²) in [4.78, 5) is 12.0. The van der Waals surface area contributed by atoms with E-state index < -0.39 is 0 Å². The number of amides is 1. The van der Waals surface area contributed by atoms with Crippen LogP contribution >= 0.6 is 0 Å². The lowest BCUT2D eigenvalue weighted by Gasteiger charge is -2.36. The highest BCUT2D eigenvalue weighted by Gasteiger charge is 2.33. The quantitative estimate of drug-likeness (QED) is 0.771. The molecule has 3 N–H and O–H groups in total. The van der Waals surface area contributed by atoms with Crippen molar-refractivity contribution in [3.8, 4) is 0 Å². The topological polar surface area (TPSA) is 55.1 Å². The minimum Gasteiger partial charge on any atom is -0.356 e. The highest BCUT2D eigenvalue weighted by atomic mass is 16.1. The van der Waals surface area contributed by atoms with Crippen LogP contribution < -0.4 is 11.1 Å². The zero-order valence-electron chi connectivity index (χ0n) is 10.8. The maximum absolute atomic E-state index is 12.0. The predicted molar refractivity (Wildman–Crippen MR) is 69.5 cm³/mol. The summed E-state index contributed by atoms with van der Waals surface area (Å²) in [6.07, 6.45) is 10.7. The molecule has 0 aromatic carbocycles. The summed E-state index contributed by atoms with van der Waals surface area (Å²) in [5.74, 6) is 0.975. The molecular formula is C14H26N2O. The molecule has 0 spiro atoms. The first-order valence-electron chi connectivity index (χ1n) is 7.21. The second kappa shape index (κ2) is 5.85. The summed E-state index contributed by atoms with van der Waals surface area (Å²) in [5.41, 5.74) is 6.01. The molecule has 0 unspecified atom stereocenters. The molecule has 0 aliphatic heterocycles. The number of carbonyl (C=O) groups excluding carboxylic acids is 1. The minimum absolute atomic E-state index is 0.113. The molecule has 0 aromatic rings. The largest absolute Gasteiger partial charge is 0.356 e. The van der Waals surface area contributed by atoms with Crippen molar-refractivity contribution in [2.24, 2.45) is 17.1 Å². The van der Waals surface area contributed by atoms with Crippen LogP contribution in [0, 0.1) is 11.3 Å². The Morgan fingerprint density at radius 2 is 1.88 bits per heavy atom. The first-order chi connectivity index (χ1) is 8.24. The van der Waals surface area contributed by atoms with Gasteiger partial charge in [0.15, 0.2) is 0 Å². The normalized spacial score (nSPS) is 24.1. The first-order valence-corrected chi connectivity index (χ1v) is 7.21. The summed E-state index contributed by atoms with van der Waals surface area (Å²) >= 11 is 0. The standard InChI is InChI=1S/C14H26N2O/c15-11-14(7-2-1-3-8-14)9-13(17)16-10-12-5-4-6-12/h12H,1-11,15H2,(H,16,17). The molecule has 17 heavy (non-hydrogen) atoms. The Bertz CT molecular complexity index is 255. The zero-order chi connectivity index (χ0) is 12.1. The van der Waals surface area contributed by atoms with Crippen LogP contribution in [0.15, 0.2) is 0 Å². The molecule has 0 bridgehead atoms. The third-order valence-electron chi connectivity index (χ3n) is 4.70. The van der Waals surface area contributed by atoms with E-state index in [-0.39, 0.29) is 11.3 Å². The van der Waals surface area contributed by atoms with Crippen molar-refractivity contribution in [2.45, 2.75) is 57.8 Å². The van der Waals surface area contributed by atoms with Gasteiger partial charge in [-0.2, -0.15) is 0 Å². The van der Waals surface area contributed by atoms with Gasteiger partial charge in [-0.05, 0) is 43.6 Å². The van der Waals surface area contributed by atoms with Gasteiger partial charge in [0, 0.05) is 13.0 Å². The second-order valence-electron chi connectivity index (χ2n) is 6.04. The van der Waals surface area contributed by atoms with Gasteiger partial charge in [-0.3, -0.25) is 4.79 Å². The Balaban J connectivity index is 1.74. The monoisotopic (exact) mass is 238 g/mol. The van der Waals surface area contributed by atoms with E-state index in [2.05, 4.69) is 5.32 Å². The van der Waals surface area contributed by atoms with E-state index in [0.717, 1.165) is 25.3 Å². The molecule has 2 aliphatic carbocycles. The van der Waals surface area contributed by atoms with Crippen LogP contribution in [0.2, 0.25) is 0 Å². The van der Waals surface area contributed by atoms with E-state index in [4.69, 9.17) is 5.73 Å². The van der Waals surface area contributed by atoms with Crippen molar-refractivity contribution in [2.75, 3.05) is 13.1 Å². The number of nitrogens with two attached hydrogens (primary N) is 1. The second-order valence-corrected chi connectivity index (χ2v) is 6.04. The molecule has 0 heterocycles. The molecule has 2 aliphatic rings. The van der Waals surface area contributed by atoms with Gasteiger partial charge in [-0.15, -0.1) is 0 Å². The van der Waals surface area contributed by atoms with E-state index in [1.54, 1.807) is 0 Å². The van der Waals surface area contributed by atoms with Crippen molar-refractivity contribution in [1.82, 2.24) is 5.32 Å². The van der Waals surface area contributed by atoms with Gasteiger partial charge in [0.2, 0.25) is 5.91 Å². The summed E-state index contributed by atoms with van der Waals surface area (Å²) in [7, 11) is 0. The van der Waals surface area contributed by atoms with Crippen molar-refractivity contribution in [3.05, 3.63) is 0 Å². The van der Waals surface area contributed by atoms with Crippen LogP contribution in [-0.2, 0) is 4.79 Å². The van der Waals surface area contributed by atoms with E-state index >= 15 is 0 Å². The van der Waals surface area contributed by atoms with Gasteiger partial charge in [-0.1, -0.05) is 25.7 Å². The molecule has 0 atom stereocenters. The highest BCUT2D eigenvalue weighted by Crippen LogP contribution is 2.38. The van der Waals surface area contributed by atoms with Crippen LogP contribution in [0.4, 0.5) is 0 Å². The van der Waals surface area contributed by atoms with Gasteiger partial charge >= 0.3 is 0 Å². The molecule has 98 valence electrons. The molecule has 0 radical (unpaired) electrons. The molecule has 0 saturated heterocycles. The van der Waals surface area contributed by atoms with Crippen LogP contribution in [0.25, 0.3) is 0 Å². The number of nitrogens with one attached hydrogen (secondary N) is 1. The van der Waals surface area contributed by atoms with Crippen molar-refractivity contribution >= 4 is 5.91 Å². The van der Waals surface area contributed by atoms with Gasteiger partial charge in [0.25, 0.3) is 0 Å². The van der Waals surface area contributed by atoms with Gasteiger partial charge < -0.3 is 11.1 Å². The lowest BCUT2D eigenvalue weighted by Crippen LogP contribution is -2.40. The Morgan fingerprint density at radius 1 is 1.18 bits per heavy atom. The summed E-state index contributed by atoms with van der Waals surface area (Å²) < 4.78 is 0. The number of carbonyl (C=O) groups is 1. The number of rotatable bonds is 5. The number of hydrogen-bond acceptors (Lipinski definition) is 2. The van der Waals surface area contributed by atoms with Crippen LogP contribution in [0.3, 0.4) is 0 Å². The molecule has 2 fully saturated rings. The van der Waals surface area contributed by atoms with Crippen molar-refractivity contribution < 1.29 is 4.79 Å². The van der Waals surface area contributed by atoms with Crippen LogP contribution in [0.5, 0.6) is 0 Å². The minimum atomic E-state index is 0.113. The van der Waals surface area contributed by atoms with Crippen molar-refractivity contribution in [3.63, 3.8) is 0 Å². The molecule has 2 saturated carbocycles. The predicted octanol–water partition coefficient (Wildman–Crippen LogP) is 2.20. The Hall–Kier alpha value is -0.570. The fraction of sp³-hybridized carbons (Fsp3) is 0.929. The zero-order valence-corrected chi connectivity index (χ0v) is 10.8. The third-order valence-corrected chi connectivity index (χ3v) is 4.70. The van der Waals surface area contributed by atoms with E-state index in [9.17, 15) is 4.79 Å². The Morgan fingerprint density at radius 3 is 2.41 bits per heavy atom. The Labute approximate surface area is 105 Å². The fourth-order valence-corrected chi connectivity index (χ4v) is 3.11. The van der Waals surface area contributed by atoms with Gasteiger partial charge in [-0.25, -0.2) is 0 Å². The molecule has 0 aromatic heterocycles. The first kappa shape index (κ1) is 12.9. The number of hydrogen-bond donors (Lipinski definition) is 2. The molecule has 1 amide bonds. The molecule has 3 heteroatoms. The highest BCUT2D eigenvalue weighted by molar-refractivity contribution is 5.76. The summed E-state index contributed by atoms with van der Waals surface area (Å²) in [6.45, 7) is 1.56. The van der Waals surface area contributed by atoms with Crippen molar-refractivity contribution in [1.29, 1.82) is 0 Å². The van der Waals surface area contributed by atoms with E-state index in [0.29, 0.717) is 13.0 Å². The smallest absolute Gasteiger partial charge is 0.220 e. The fourth-order valence-electron chi connectivity index (χ4n) is 3.11. The average Bonchev–Trinajstić information content (AvgIpc) is 2.28. The Kier molecular flexibility index (Phi) is 4.43. The lowest BCUT2D eigenvalue weighted by molar-refractivity contribution is -0.124. The molecule has 2 rings (SSSR count). The maximum Gasteiger partial charge on any atom is 0.220 e. The van der Waals surface area contributed by atoms with E-state index in [1.807, 2.05) is 0 Å². The van der Waals surface area contributed by atoms with Crippen LogP contribution in [0.1, 0.15) is 57.8 Å². The van der Waals surface area contributed by atoms with Crippen LogP contribution in [-0.4, -0.2) is 19.0 Å². The summed E-state index contributed by atoms with van der Waals surface area (Å²) in [6, 6.07) is 0. The lowest BCUT2D eigenvalue weighted by atomic mass is 9.71. The van der Waals surface area contributed by atoms with Gasteiger partial charge in [0.05, 0.1) is 0 Å². The average molecular weight is 238 g/mol. The molecular weight excluding hydrogens is 212 g/mol. The SMILES string of the molecule is NCC1(CC(=O)NCC2CCC2)CCCCC1. The third kappa shape index (κ3) is 3.44. The molecule has 3 nitrogen and oxygen atoms in total.